The van der Waals surface area contributed by atoms with Crippen molar-refractivity contribution in [3.8, 4) is 5.75 Å². The van der Waals surface area contributed by atoms with E-state index in [0.29, 0.717) is 5.75 Å². The van der Waals surface area contributed by atoms with Crippen LogP contribution in [0.5, 0.6) is 5.75 Å². The van der Waals surface area contributed by atoms with E-state index >= 15 is 0 Å². The fraction of sp³-hybridized carbons (Fsp3) is 0.300. The van der Waals surface area contributed by atoms with Crippen LogP contribution < -0.4 is 15.8 Å². The van der Waals surface area contributed by atoms with Gasteiger partial charge in [-0.3, -0.25) is 4.79 Å². The number of carbonyl (C=O) groups is 1. The van der Waals surface area contributed by atoms with Crippen molar-refractivity contribution in [3.05, 3.63) is 18.2 Å². The van der Waals surface area contributed by atoms with Crippen molar-refractivity contribution in [3.63, 3.8) is 0 Å². The molecule has 3 N–H and O–H groups in total. The Hall–Kier alpha value is -1.99. The Labute approximate surface area is 99.7 Å². The van der Waals surface area contributed by atoms with Gasteiger partial charge >= 0.3 is 18.3 Å². The topological polar surface area (TPSA) is 64.3 Å². The molecule has 0 unspecified atom stereocenters. The van der Waals surface area contributed by atoms with Crippen molar-refractivity contribution < 1.29 is 27.1 Å². The maximum absolute atomic E-state index is 12.7. The molecule has 0 aromatic heterocycles. The van der Waals surface area contributed by atoms with Gasteiger partial charge in [0.1, 0.15) is 5.75 Å². The number of ether oxygens (including phenoxy) is 1. The molecule has 0 fully saturated rings. The number of hydrogen-bond acceptors (Lipinski definition) is 3. The minimum atomic E-state index is -4.77. The second-order valence-corrected chi connectivity index (χ2v) is 3.33. The van der Waals surface area contributed by atoms with E-state index < -0.39 is 18.3 Å². The molecule has 1 amide bonds. The van der Waals surface area contributed by atoms with E-state index in [2.05, 4.69) is 0 Å². The van der Waals surface area contributed by atoms with Gasteiger partial charge in [-0.25, -0.2) is 8.78 Å². The number of amides is 1. The van der Waals surface area contributed by atoms with Crippen molar-refractivity contribution >= 4 is 17.3 Å². The van der Waals surface area contributed by atoms with Gasteiger partial charge in [0.05, 0.1) is 18.5 Å². The number of methoxy groups -OCH3 is 1. The first-order chi connectivity index (χ1) is 8.28. The number of carbonyl (C=O) groups excluding carboxylic acids is 1. The molecule has 0 radical (unpaired) electrons. The summed E-state index contributed by atoms with van der Waals surface area (Å²) in [5, 5.41) is 1.63. The van der Waals surface area contributed by atoms with Crippen molar-refractivity contribution in [2.45, 2.75) is 12.3 Å². The maximum Gasteiger partial charge on any atom is 0.383 e. The highest BCUT2D eigenvalue weighted by molar-refractivity contribution is 5.98. The zero-order valence-corrected chi connectivity index (χ0v) is 9.22. The predicted octanol–water partition coefficient (Wildman–Crippen LogP) is 2.12. The van der Waals surface area contributed by atoms with Crippen LogP contribution in [-0.4, -0.2) is 25.4 Å². The van der Waals surface area contributed by atoms with Gasteiger partial charge in [-0.1, -0.05) is 0 Å². The second kappa shape index (κ2) is 5.11. The molecular formula is C10H10F4N2O2. The molecule has 1 aromatic carbocycles. The molecule has 0 spiro atoms. The lowest BCUT2D eigenvalue weighted by Gasteiger charge is -2.16. The van der Waals surface area contributed by atoms with Gasteiger partial charge in [0.2, 0.25) is 0 Å². The average molecular weight is 266 g/mol. The predicted molar refractivity (Wildman–Crippen MR) is 57.0 cm³/mol. The summed E-state index contributed by atoms with van der Waals surface area (Å²) in [5.74, 6) is -6.55. The second-order valence-electron chi connectivity index (χ2n) is 3.33. The van der Waals surface area contributed by atoms with Crippen LogP contribution in [0.2, 0.25) is 0 Å². The molecule has 1 rings (SSSR count). The van der Waals surface area contributed by atoms with Crippen LogP contribution in [0.4, 0.5) is 28.9 Å². The molecule has 0 atom stereocenters. The molecule has 8 heteroatoms. The summed E-state index contributed by atoms with van der Waals surface area (Å²) < 4.78 is 54.0. The summed E-state index contributed by atoms with van der Waals surface area (Å²) in [6, 6.07) is 3.77. The minimum Gasteiger partial charge on any atom is -0.497 e. The highest BCUT2D eigenvalue weighted by atomic mass is 19.3. The fourth-order valence-electron chi connectivity index (χ4n) is 1.09. The Kier molecular flexibility index (Phi) is 4.00. The van der Waals surface area contributed by atoms with Crippen LogP contribution in [0, 0.1) is 0 Å². The normalized spacial score (nSPS) is 11.4. The molecule has 4 nitrogen and oxygen atoms in total. The van der Waals surface area contributed by atoms with Crippen LogP contribution in [0.15, 0.2) is 18.2 Å². The zero-order valence-electron chi connectivity index (χ0n) is 9.22. The monoisotopic (exact) mass is 266 g/mol. The van der Waals surface area contributed by atoms with Crippen molar-refractivity contribution in [2.75, 3.05) is 18.2 Å². The molecule has 100 valence electrons. The van der Waals surface area contributed by atoms with Gasteiger partial charge in [0, 0.05) is 6.07 Å². The summed E-state index contributed by atoms with van der Waals surface area (Å²) in [6.45, 7) is 0. The quantitative estimate of drug-likeness (QED) is 0.648. The van der Waals surface area contributed by atoms with Crippen LogP contribution in [0.1, 0.15) is 0 Å². The van der Waals surface area contributed by atoms with Gasteiger partial charge in [-0.15, -0.1) is 0 Å². The smallest absolute Gasteiger partial charge is 0.383 e. The van der Waals surface area contributed by atoms with Crippen LogP contribution in [0.3, 0.4) is 0 Å². The fourth-order valence-corrected chi connectivity index (χ4v) is 1.09. The van der Waals surface area contributed by atoms with Gasteiger partial charge in [-0.05, 0) is 12.1 Å². The van der Waals surface area contributed by atoms with Crippen LogP contribution in [-0.2, 0) is 4.79 Å². The molecule has 0 heterocycles. The molecular weight excluding hydrogens is 256 g/mol. The highest BCUT2D eigenvalue weighted by Gasteiger charge is 2.49. The van der Waals surface area contributed by atoms with Gasteiger partial charge < -0.3 is 15.8 Å². The van der Waals surface area contributed by atoms with E-state index in [-0.39, 0.29) is 11.4 Å². The molecule has 0 saturated carbocycles. The third-order valence-electron chi connectivity index (χ3n) is 2.08. The standard InChI is InChI=1S/C10H10F4N2O2/c1-18-5-2-3-7(6(15)4-5)16-9(17)10(13,14)8(11)12/h2-4,8H,15H2,1H3,(H,16,17). The number of rotatable bonds is 4. The summed E-state index contributed by atoms with van der Waals surface area (Å²) >= 11 is 0. The summed E-state index contributed by atoms with van der Waals surface area (Å²) in [5.41, 5.74) is 5.17. The van der Waals surface area contributed by atoms with E-state index in [1.54, 1.807) is 5.32 Å². The van der Waals surface area contributed by atoms with Crippen molar-refractivity contribution in [1.29, 1.82) is 0 Å². The van der Waals surface area contributed by atoms with E-state index in [1.807, 2.05) is 0 Å². The Morgan fingerprint density at radius 3 is 2.50 bits per heavy atom. The molecule has 0 aliphatic rings. The van der Waals surface area contributed by atoms with Crippen molar-refractivity contribution in [1.82, 2.24) is 0 Å². The van der Waals surface area contributed by atoms with Crippen LogP contribution >= 0.6 is 0 Å². The lowest BCUT2D eigenvalue weighted by molar-refractivity contribution is -0.163. The van der Waals surface area contributed by atoms with Gasteiger partial charge in [0.15, 0.2) is 0 Å². The Balaban J connectivity index is 2.89. The summed E-state index contributed by atoms with van der Waals surface area (Å²) in [4.78, 5) is 11.0. The lowest BCUT2D eigenvalue weighted by Crippen LogP contribution is -2.41. The third kappa shape index (κ3) is 2.82. The minimum absolute atomic E-state index is 0.0761. The van der Waals surface area contributed by atoms with E-state index in [0.717, 1.165) is 0 Å². The number of alkyl halides is 4. The maximum atomic E-state index is 12.7. The van der Waals surface area contributed by atoms with E-state index in [9.17, 15) is 22.4 Å². The Morgan fingerprint density at radius 2 is 2.06 bits per heavy atom. The number of halogens is 4. The average Bonchev–Trinajstić information content (AvgIpc) is 2.31. The molecule has 0 aliphatic carbocycles. The lowest BCUT2D eigenvalue weighted by atomic mass is 10.2. The number of nitrogen functional groups attached to an aromatic ring is 1. The largest absolute Gasteiger partial charge is 0.497 e. The first kappa shape index (κ1) is 14.1. The summed E-state index contributed by atoms with van der Waals surface area (Å²) in [6.07, 6.45) is -4.09. The first-order valence-electron chi connectivity index (χ1n) is 4.70. The number of nitrogens with two attached hydrogens (primary N) is 1. The third-order valence-corrected chi connectivity index (χ3v) is 2.08. The van der Waals surface area contributed by atoms with Crippen LogP contribution in [0.25, 0.3) is 0 Å². The molecule has 0 bridgehead atoms. The van der Waals surface area contributed by atoms with Crippen molar-refractivity contribution in [2.24, 2.45) is 0 Å². The Bertz CT molecular complexity index is 452. The molecule has 18 heavy (non-hydrogen) atoms. The number of nitrogens with one attached hydrogen (secondary N) is 1. The first-order valence-corrected chi connectivity index (χ1v) is 4.70. The highest BCUT2D eigenvalue weighted by Crippen LogP contribution is 2.28. The molecule has 0 saturated heterocycles. The number of hydrogen-bond donors (Lipinski definition) is 2. The van der Waals surface area contributed by atoms with E-state index in [4.69, 9.17) is 10.5 Å². The Morgan fingerprint density at radius 1 is 1.44 bits per heavy atom. The number of anilines is 2. The van der Waals surface area contributed by atoms with E-state index in [1.165, 1.54) is 25.3 Å². The van der Waals surface area contributed by atoms with Gasteiger partial charge in [-0.2, -0.15) is 8.78 Å². The number of benzene rings is 1. The SMILES string of the molecule is COc1ccc(NC(=O)C(F)(F)C(F)F)c(N)c1. The van der Waals surface area contributed by atoms with Gasteiger partial charge in [0.25, 0.3) is 0 Å². The molecule has 0 aliphatic heterocycles. The molecule has 1 aromatic rings. The summed E-state index contributed by atoms with van der Waals surface area (Å²) in [7, 11) is 1.36. The zero-order chi connectivity index (χ0) is 13.9.